The van der Waals surface area contributed by atoms with Crippen molar-refractivity contribution in [2.75, 3.05) is 0 Å². The van der Waals surface area contributed by atoms with Gasteiger partial charge in [-0.2, -0.15) is 0 Å². The standard InChI is InChI=1S/C43H46BN2O2Si2.C13H12N.Ir/c1-26(2)30-14-13-15-31(27(3)4)41(30)46-36-17-12-11-16-35(36)45-43(46)32-20-23-37-40-42(32)48-39-25-29(50(8,9)10)19-22-34(39)44(40)33-21-18-28(49(5,6)7)24-38(33)47-37;1-10-3-6-12(7-4-10)13-8-5-11(2)9-14-13;/h11-19,21-27H,1-10H3;3-6,8-9H,1-2H3;/q2*-1;/i;1D3,2D3;. The Bertz CT molecular complexity index is 3190. The zero-order valence-electron chi connectivity index (χ0n) is 44.8. The van der Waals surface area contributed by atoms with Crippen LogP contribution in [0.5, 0.6) is 23.0 Å². The Balaban J connectivity index is 0.000000271. The topological polar surface area (TPSA) is 49.2 Å². The number of hydrogen-bond donors (Lipinski definition) is 0. The van der Waals surface area contributed by atoms with Crippen molar-refractivity contribution in [2.45, 2.75) is 92.5 Å². The SMILES string of the molecule is CC(C)c1cccc(C(C)C)c1-n1c(-c2[c-]cc3c4c2Oc2cc([Si](C)(C)C)ccc2B4c2ccc([Si](C)(C)C)cc2O3)nc2ccccc21.[2H]C([2H])([2H])c1c[c-]c(-c2ccc(C([2H])([2H])[2H])cn2)cc1.[Ir]. The molecule has 1 radical (unpaired) electrons. The fourth-order valence-electron chi connectivity index (χ4n) is 8.85. The van der Waals surface area contributed by atoms with Crippen LogP contribution in [-0.2, 0) is 20.1 Å². The van der Waals surface area contributed by atoms with Crippen LogP contribution in [0.1, 0.15) is 70.0 Å². The van der Waals surface area contributed by atoms with Crippen LogP contribution in [-0.4, -0.2) is 37.4 Å². The van der Waals surface area contributed by atoms with Crippen LogP contribution >= 0.6 is 0 Å². The van der Waals surface area contributed by atoms with E-state index in [9.17, 15) is 0 Å². The molecule has 0 spiro atoms. The number of imidazole rings is 1. The number of para-hydroxylation sites is 3. The summed E-state index contributed by atoms with van der Waals surface area (Å²) < 4.78 is 60.0. The minimum Gasteiger partial charge on any atom is -0.503 e. The first-order chi connectivity index (χ1) is 32.9. The van der Waals surface area contributed by atoms with E-state index in [-0.39, 0.29) is 37.9 Å². The molecule has 331 valence electrons. The van der Waals surface area contributed by atoms with Gasteiger partial charge in [-0.3, -0.25) is 4.98 Å². The summed E-state index contributed by atoms with van der Waals surface area (Å²) in [6.07, 6.45) is 1.30. The molecular formula is C56H58BIrN3O2Si2-2. The summed E-state index contributed by atoms with van der Waals surface area (Å²) in [6, 6.07) is 45.2. The number of aryl methyl sites for hydroxylation is 2. The minimum absolute atomic E-state index is 0. The van der Waals surface area contributed by atoms with Crippen LogP contribution in [0.2, 0.25) is 39.3 Å². The molecule has 2 aliphatic rings. The number of pyridine rings is 1. The van der Waals surface area contributed by atoms with E-state index in [1.54, 1.807) is 12.1 Å². The molecule has 5 nitrogen and oxygen atoms in total. The third kappa shape index (κ3) is 8.76. The Morgan fingerprint density at radius 1 is 0.662 bits per heavy atom. The van der Waals surface area contributed by atoms with Gasteiger partial charge in [0.2, 0.25) is 6.71 Å². The first kappa shape index (κ1) is 38.9. The van der Waals surface area contributed by atoms with Crippen molar-refractivity contribution in [3.8, 4) is 51.3 Å². The largest absolute Gasteiger partial charge is 0.503 e. The molecule has 6 aromatic carbocycles. The first-order valence-electron chi connectivity index (χ1n) is 25.2. The average Bonchev–Trinajstić information content (AvgIpc) is 3.69. The Hall–Kier alpha value is -5.31. The van der Waals surface area contributed by atoms with Crippen LogP contribution in [0.25, 0.3) is 39.4 Å². The molecule has 65 heavy (non-hydrogen) atoms. The fraction of sp³-hybridized carbons (Fsp3) is 0.250. The normalized spacial score (nSPS) is 14.4. The molecule has 9 heteroatoms. The second-order valence-corrected chi connectivity index (χ2v) is 29.8. The van der Waals surface area contributed by atoms with Gasteiger partial charge in [0.05, 0.1) is 33.0 Å². The zero-order valence-corrected chi connectivity index (χ0v) is 43.2. The Morgan fingerprint density at radius 3 is 1.86 bits per heavy atom. The maximum Gasteiger partial charge on any atom is 0.239 e. The third-order valence-corrected chi connectivity index (χ3v) is 16.5. The van der Waals surface area contributed by atoms with Crippen molar-refractivity contribution in [3.05, 3.63) is 156 Å². The molecule has 0 unspecified atom stereocenters. The first-order valence-corrected chi connectivity index (χ1v) is 29.2. The van der Waals surface area contributed by atoms with Crippen molar-refractivity contribution in [2.24, 2.45) is 0 Å². The van der Waals surface area contributed by atoms with Crippen molar-refractivity contribution >= 4 is 60.7 Å². The van der Waals surface area contributed by atoms with Gasteiger partial charge in [-0.05, 0) is 76.3 Å². The van der Waals surface area contributed by atoms with E-state index < -0.39 is 29.9 Å². The molecule has 8 aromatic rings. The van der Waals surface area contributed by atoms with Crippen LogP contribution < -0.4 is 36.2 Å². The molecular weight excluding hydrogens is 1010 g/mol. The molecule has 0 saturated carbocycles. The molecule has 0 amide bonds. The van der Waals surface area contributed by atoms with Gasteiger partial charge in [0.15, 0.2) is 0 Å². The van der Waals surface area contributed by atoms with Gasteiger partial charge in [0.1, 0.15) is 11.5 Å². The second-order valence-electron chi connectivity index (χ2n) is 19.7. The number of aromatic nitrogens is 3. The maximum atomic E-state index is 7.28. The Kier molecular flexibility index (Phi) is 10.7. The summed E-state index contributed by atoms with van der Waals surface area (Å²) in [6.45, 7) is 19.1. The summed E-state index contributed by atoms with van der Waals surface area (Å²) >= 11 is 0. The summed E-state index contributed by atoms with van der Waals surface area (Å²) in [4.78, 5) is 9.46. The van der Waals surface area contributed by atoms with Crippen molar-refractivity contribution in [1.82, 2.24) is 14.5 Å². The third-order valence-electron chi connectivity index (χ3n) is 12.4. The fourth-order valence-corrected chi connectivity index (χ4v) is 11.1. The number of benzene rings is 6. The molecule has 0 bridgehead atoms. The predicted molar refractivity (Wildman–Crippen MR) is 275 cm³/mol. The molecule has 10 rings (SSSR count). The van der Waals surface area contributed by atoms with Gasteiger partial charge in [0, 0.05) is 51.7 Å². The number of nitrogens with zero attached hydrogens (tertiary/aromatic N) is 3. The number of hydrogen-bond acceptors (Lipinski definition) is 4. The van der Waals surface area contributed by atoms with E-state index >= 15 is 0 Å². The summed E-state index contributed by atoms with van der Waals surface area (Å²) in [5.74, 6) is 4.94. The predicted octanol–water partition coefficient (Wildman–Crippen LogP) is 11.7. The Morgan fingerprint density at radius 2 is 1.29 bits per heavy atom. The average molecular weight is 1070 g/mol. The second kappa shape index (κ2) is 17.8. The van der Waals surface area contributed by atoms with Crippen molar-refractivity contribution in [1.29, 1.82) is 0 Å². The quantitative estimate of drug-likeness (QED) is 0.118. The summed E-state index contributed by atoms with van der Waals surface area (Å²) in [5.41, 5.74) is 11.6. The monoisotopic (exact) mass is 1070 g/mol. The van der Waals surface area contributed by atoms with E-state index in [2.05, 4.69) is 168 Å². The number of fused-ring (bicyclic) bond motifs is 5. The van der Waals surface area contributed by atoms with Gasteiger partial charge in [-0.15, -0.1) is 47.5 Å². The van der Waals surface area contributed by atoms with Crippen LogP contribution in [0, 0.1) is 25.8 Å². The van der Waals surface area contributed by atoms with E-state index in [0.29, 0.717) is 23.1 Å². The van der Waals surface area contributed by atoms with Crippen molar-refractivity contribution in [3.63, 3.8) is 0 Å². The van der Waals surface area contributed by atoms with Gasteiger partial charge < -0.3 is 19.0 Å². The summed E-state index contributed by atoms with van der Waals surface area (Å²) in [7, 11) is -3.19. The van der Waals surface area contributed by atoms with E-state index in [0.717, 1.165) is 50.9 Å². The number of rotatable bonds is 7. The van der Waals surface area contributed by atoms with Crippen molar-refractivity contribution < 1.29 is 37.8 Å². The minimum atomic E-state index is -2.18. The van der Waals surface area contributed by atoms with Crippen LogP contribution in [0.4, 0.5) is 0 Å². The molecule has 0 fully saturated rings. The van der Waals surface area contributed by atoms with Crippen LogP contribution in [0.15, 0.2) is 121 Å². The van der Waals surface area contributed by atoms with Crippen LogP contribution in [0.3, 0.4) is 0 Å². The van der Waals surface area contributed by atoms with Gasteiger partial charge in [-0.25, -0.2) is 0 Å². The van der Waals surface area contributed by atoms with Gasteiger partial charge in [0.25, 0.3) is 0 Å². The molecule has 0 N–H and O–H groups in total. The van der Waals surface area contributed by atoms with E-state index in [4.69, 9.17) is 22.7 Å². The van der Waals surface area contributed by atoms with Gasteiger partial charge in [-0.1, -0.05) is 162 Å². The smallest absolute Gasteiger partial charge is 0.239 e. The number of ether oxygens (including phenoxy) is 2. The zero-order chi connectivity index (χ0) is 50.2. The molecule has 4 heterocycles. The molecule has 0 aliphatic carbocycles. The molecule has 2 aliphatic heterocycles. The molecule has 0 atom stereocenters. The Labute approximate surface area is 410 Å². The molecule has 2 aromatic heterocycles. The summed E-state index contributed by atoms with van der Waals surface area (Å²) in [5, 5.41) is 2.77. The van der Waals surface area contributed by atoms with Gasteiger partial charge >= 0.3 is 0 Å². The maximum absolute atomic E-state index is 7.28. The molecule has 0 saturated heterocycles. The van der Waals surface area contributed by atoms with E-state index in [1.807, 2.05) is 6.07 Å². The van der Waals surface area contributed by atoms with E-state index in [1.165, 1.54) is 62.5 Å².